The number of carboxylic acids is 1. The highest BCUT2D eigenvalue weighted by molar-refractivity contribution is 9.10. The smallest absolute Gasteiger partial charge is 0.344 e. The van der Waals surface area contributed by atoms with Gasteiger partial charge in [-0.15, -0.1) is 0 Å². The van der Waals surface area contributed by atoms with Gasteiger partial charge >= 0.3 is 11.9 Å². The lowest BCUT2D eigenvalue weighted by molar-refractivity contribution is -0.145. The highest BCUT2D eigenvalue weighted by Gasteiger charge is 2.33. The minimum Gasteiger partial charge on any atom is -0.481 e. The first kappa shape index (κ1) is 20.4. The van der Waals surface area contributed by atoms with E-state index in [0.717, 1.165) is 21.1 Å². The van der Waals surface area contributed by atoms with Crippen LogP contribution < -0.4 is 4.74 Å². The maximum Gasteiger partial charge on any atom is 0.344 e. The molecule has 1 aromatic rings. The molecule has 1 aromatic carbocycles. The van der Waals surface area contributed by atoms with Crippen molar-refractivity contribution >= 4 is 68.2 Å². The first-order valence-corrected chi connectivity index (χ1v) is 9.38. The number of rotatable bonds is 7. The van der Waals surface area contributed by atoms with Crippen molar-refractivity contribution in [1.82, 2.24) is 4.90 Å². The maximum atomic E-state index is 12.4. The van der Waals surface area contributed by atoms with E-state index in [2.05, 4.69) is 15.9 Å². The van der Waals surface area contributed by atoms with Gasteiger partial charge in [-0.05, 0) is 31.2 Å². The summed E-state index contributed by atoms with van der Waals surface area (Å²) in [6.07, 6.45) is 1.55. The number of hydrogen-bond donors (Lipinski definition) is 1. The lowest BCUT2D eigenvalue weighted by atomic mass is 10.2. The van der Waals surface area contributed by atoms with Gasteiger partial charge < -0.3 is 14.6 Å². The number of benzene rings is 1. The molecule has 0 unspecified atom stereocenters. The summed E-state index contributed by atoms with van der Waals surface area (Å²) in [4.78, 5) is 36.0. The SMILES string of the molecule is CCOC(=O)COc1ccc(Br)cc1C=C1SC(=S)N(CC(=O)O)C1=O. The number of nitrogens with zero attached hydrogens (tertiary/aromatic N) is 1. The molecule has 0 aromatic heterocycles. The fourth-order valence-corrected chi connectivity index (χ4v) is 3.64. The molecule has 1 aliphatic heterocycles. The van der Waals surface area contributed by atoms with Gasteiger partial charge in [0, 0.05) is 10.0 Å². The second-order valence-electron chi connectivity index (χ2n) is 4.94. The second kappa shape index (κ2) is 9.15. The van der Waals surface area contributed by atoms with Crippen LogP contribution in [0.2, 0.25) is 0 Å². The van der Waals surface area contributed by atoms with E-state index >= 15 is 0 Å². The average Bonchev–Trinajstić information content (AvgIpc) is 2.81. The Morgan fingerprint density at radius 1 is 1.42 bits per heavy atom. The molecule has 1 heterocycles. The van der Waals surface area contributed by atoms with Crippen LogP contribution in [-0.4, -0.2) is 51.9 Å². The summed E-state index contributed by atoms with van der Waals surface area (Å²) >= 11 is 9.41. The van der Waals surface area contributed by atoms with Gasteiger partial charge in [0.2, 0.25) is 0 Å². The molecule has 1 aliphatic rings. The Labute approximate surface area is 167 Å². The van der Waals surface area contributed by atoms with Crippen molar-refractivity contribution in [2.45, 2.75) is 6.92 Å². The summed E-state index contributed by atoms with van der Waals surface area (Å²) < 4.78 is 11.2. The zero-order chi connectivity index (χ0) is 19.3. The molecule has 26 heavy (non-hydrogen) atoms. The van der Waals surface area contributed by atoms with Crippen LogP contribution in [-0.2, 0) is 19.1 Å². The van der Waals surface area contributed by atoms with E-state index in [1.807, 2.05) is 0 Å². The van der Waals surface area contributed by atoms with Crippen LogP contribution in [0.3, 0.4) is 0 Å². The summed E-state index contributed by atoms with van der Waals surface area (Å²) in [6, 6.07) is 5.09. The van der Waals surface area contributed by atoms with Crippen molar-refractivity contribution in [2.24, 2.45) is 0 Å². The Morgan fingerprint density at radius 3 is 2.81 bits per heavy atom. The molecule has 138 valence electrons. The third-order valence-electron chi connectivity index (χ3n) is 3.08. The zero-order valence-corrected chi connectivity index (χ0v) is 16.8. The third-order valence-corrected chi connectivity index (χ3v) is 4.95. The number of aliphatic carboxylic acids is 1. The highest BCUT2D eigenvalue weighted by atomic mass is 79.9. The topological polar surface area (TPSA) is 93.1 Å². The molecule has 1 N–H and O–H groups in total. The molecule has 7 nitrogen and oxygen atoms in total. The van der Waals surface area contributed by atoms with Crippen LogP contribution >= 0.6 is 39.9 Å². The number of ether oxygens (including phenoxy) is 2. The van der Waals surface area contributed by atoms with Crippen molar-refractivity contribution in [1.29, 1.82) is 0 Å². The van der Waals surface area contributed by atoms with E-state index in [-0.39, 0.29) is 22.4 Å². The molecule has 10 heteroatoms. The van der Waals surface area contributed by atoms with Crippen LogP contribution in [0.25, 0.3) is 6.08 Å². The number of halogens is 1. The number of thiocarbonyl (C=S) groups is 1. The number of carboxylic acid groups (broad SMARTS) is 1. The molecular weight excluding hydrogens is 446 g/mol. The summed E-state index contributed by atoms with van der Waals surface area (Å²) in [5.74, 6) is -1.76. The Hall–Kier alpha value is -1.91. The van der Waals surface area contributed by atoms with E-state index in [9.17, 15) is 14.4 Å². The summed E-state index contributed by atoms with van der Waals surface area (Å²) in [6.45, 7) is 1.19. The third kappa shape index (κ3) is 5.29. The Bertz CT molecular complexity index is 795. The second-order valence-corrected chi connectivity index (χ2v) is 7.53. The van der Waals surface area contributed by atoms with Gasteiger partial charge in [0.05, 0.1) is 11.5 Å². The number of amides is 1. The molecule has 0 bridgehead atoms. The molecule has 0 atom stereocenters. The predicted octanol–water partition coefficient (Wildman–Crippen LogP) is 2.68. The van der Waals surface area contributed by atoms with Crippen LogP contribution in [0, 0.1) is 0 Å². The fourth-order valence-electron chi connectivity index (χ4n) is 2.02. The van der Waals surface area contributed by atoms with E-state index in [1.54, 1.807) is 31.2 Å². The van der Waals surface area contributed by atoms with Gasteiger partial charge in [-0.3, -0.25) is 14.5 Å². The van der Waals surface area contributed by atoms with Gasteiger partial charge in [-0.2, -0.15) is 0 Å². The minimum atomic E-state index is -1.15. The zero-order valence-electron chi connectivity index (χ0n) is 13.6. The maximum absolute atomic E-state index is 12.4. The quantitative estimate of drug-likeness (QED) is 0.377. The van der Waals surface area contributed by atoms with E-state index in [1.165, 1.54) is 0 Å². The Morgan fingerprint density at radius 2 is 2.15 bits per heavy atom. The molecule has 1 fully saturated rings. The average molecular weight is 460 g/mol. The number of thioether (sulfide) groups is 1. The molecule has 0 spiro atoms. The minimum absolute atomic E-state index is 0.174. The van der Waals surface area contributed by atoms with Crippen molar-refractivity contribution in [3.8, 4) is 5.75 Å². The summed E-state index contributed by atoms with van der Waals surface area (Å²) in [5, 5.41) is 8.88. The van der Waals surface area contributed by atoms with Gasteiger partial charge in [0.15, 0.2) is 6.61 Å². The monoisotopic (exact) mass is 459 g/mol. The standard InChI is InChI=1S/C16H14BrNO6S2/c1-2-23-14(21)8-24-11-4-3-10(17)5-9(11)6-12-15(22)18(7-13(19)20)16(25)26-12/h3-6H,2,7-8H2,1H3,(H,19,20). The molecular formula is C16H14BrNO6S2. The van der Waals surface area contributed by atoms with Gasteiger partial charge in [0.25, 0.3) is 5.91 Å². The largest absolute Gasteiger partial charge is 0.481 e. The van der Waals surface area contributed by atoms with Crippen LogP contribution in [0.5, 0.6) is 5.75 Å². The molecule has 2 rings (SSSR count). The van der Waals surface area contributed by atoms with Crippen LogP contribution in [0.1, 0.15) is 12.5 Å². The van der Waals surface area contributed by atoms with Gasteiger partial charge in [0.1, 0.15) is 16.6 Å². The number of hydrogen-bond acceptors (Lipinski definition) is 7. The van der Waals surface area contributed by atoms with Crippen LogP contribution in [0.15, 0.2) is 27.6 Å². The summed E-state index contributed by atoms with van der Waals surface area (Å²) in [7, 11) is 0. The van der Waals surface area contributed by atoms with Crippen molar-refractivity contribution in [3.63, 3.8) is 0 Å². The first-order chi connectivity index (χ1) is 12.3. The summed E-state index contributed by atoms with van der Waals surface area (Å²) in [5.41, 5.74) is 0.541. The number of esters is 1. The molecule has 0 aliphatic carbocycles. The molecule has 1 saturated heterocycles. The molecule has 0 saturated carbocycles. The first-order valence-electron chi connectivity index (χ1n) is 7.37. The van der Waals surface area contributed by atoms with E-state index in [4.69, 9.17) is 26.8 Å². The highest BCUT2D eigenvalue weighted by Crippen LogP contribution is 2.35. The van der Waals surface area contributed by atoms with Gasteiger partial charge in [-0.1, -0.05) is 39.9 Å². The Balaban J connectivity index is 2.25. The van der Waals surface area contributed by atoms with Crippen molar-refractivity contribution in [3.05, 3.63) is 33.1 Å². The number of carbonyl (C=O) groups excluding carboxylic acids is 2. The Kier molecular flexibility index (Phi) is 7.18. The lowest BCUT2D eigenvalue weighted by Gasteiger charge is -2.11. The normalized spacial score (nSPS) is 15.5. The van der Waals surface area contributed by atoms with Crippen molar-refractivity contribution < 1.29 is 29.0 Å². The molecule has 0 radical (unpaired) electrons. The van der Waals surface area contributed by atoms with Crippen LogP contribution in [0.4, 0.5) is 0 Å². The lowest BCUT2D eigenvalue weighted by Crippen LogP contribution is -2.33. The van der Waals surface area contributed by atoms with E-state index in [0.29, 0.717) is 11.3 Å². The fraction of sp³-hybridized carbons (Fsp3) is 0.250. The van der Waals surface area contributed by atoms with E-state index < -0.39 is 24.4 Å². The van der Waals surface area contributed by atoms with Gasteiger partial charge in [-0.25, -0.2) is 4.79 Å². The predicted molar refractivity (Wildman–Crippen MR) is 104 cm³/mol. The number of carbonyl (C=O) groups is 3. The molecule has 1 amide bonds. The van der Waals surface area contributed by atoms with Crippen molar-refractivity contribution in [2.75, 3.05) is 19.8 Å².